The molecule has 0 amide bonds. The molecule has 0 atom stereocenters. The van der Waals surface area contributed by atoms with E-state index in [1.807, 2.05) is 114 Å². The number of allylic oxidation sites excluding steroid dienone is 6. The first-order valence-corrected chi connectivity index (χ1v) is 41.3. The Hall–Kier alpha value is -11.9. The van der Waals surface area contributed by atoms with Crippen molar-refractivity contribution in [3.05, 3.63) is 253 Å². The van der Waals surface area contributed by atoms with Crippen molar-refractivity contribution >= 4 is 60.3 Å². The third kappa shape index (κ3) is 22.9. The third-order valence-electron chi connectivity index (χ3n) is 19.2. The molecule has 1 aliphatic rings. The third-order valence-corrected chi connectivity index (χ3v) is 23.2. The van der Waals surface area contributed by atoms with E-state index < -0.39 is 77.0 Å². The molecule has 0 bridgehead atoms. The van der Waals surface area contributed by atoms with Gasteiger partial charge >= 0.3 is 27.6 Å². The van der Waals surface area contributed by atoms with Crippen LogP contribution in [0.3, 0.4) is 0 Å². The molecular weight excluding hydrogens is 1630 g/mol. The number of rotatable bonds is 25. The fraction of sp³-hybridized carbons (Fsp3) is 0.376. The van der Waals surface area contributed by atoms with Gasteiger partial charge in [0.1, 0.15) is 35.5 Å². The van der Waals surface area contributed by atoms with Gasteiger partial charge in [-0.05, 0) is 157 Å². The van der Waals surface area contributed by atoms with E-state index in [9.17, 15) is 60.9 Å². The summed E-state index contributed by atoms with van der Waals surface area (Å²) in [6.07, 6.45) is 6.73. The van der Waals surface area contributed by atoms with E-state index in [-0.39, 0.29) is 109 Å². The summed E-state index contributed by atoms with van der Waals surface area (Å²) in [7, 11) is -9.40. The van der Waals surface area contributed by atoms with Crippen LogP contribution in [0.2, 0.25) is 0 Å². The maximum Gasteiger partial charge on any atom is 0.338 e. The van der Waals surface area contributed by atoms with E-state index in [4.69, 9.17) is 23.9 Å². The number of carbonyl (C=O) groups is 3. The number of ketones is 3. The molecule has 35 heteroatoms. The van der Waals surface area contributed by atoms with Crippen molar-refractivity contribution < 1.29 is 87.0 Å². The number of H-pyrrole nitrogens is 2. The van der Waals surface area contributed by atoms with E-state index in [1.165, 1.54) is 81.8 Å². The molecule has 0 radical (unpaired) electrons. The number of para-hydroxylation sites is 1. The first-order valence-electron chi connectivity index (χ1n) is 38.4. The summed E-state index contributed by atoms with van der Waals surface area (Å²) in [5, 5.41) is 73.9. The average Bonchev–Trinajstić information content (AvgIpc) is 1.71. The number of sulfone groups is 1. The minimum atomic E-state index is -4.88. The number of Topliss-reactive ketones (excluding diaryl/α,β-unsaturated/α-hetero) is 1. The molecule has 7 heterocycles. The Labute approximate surface area is 706 Å². The quantitative estimate of drug-likeness (QED) is 0.00518. The van der Waals surface area contributed by atoms with Crippen LogP contribution in [0.4, 0.5) is 0 Å². The van der Waals surface area contributed by atoms with Crippen LogP contribution < -0.4 is 16.8 Å². The van der Waals surface area contributed by atoms with Gasteiger partial charge in [0, 0.05) is 101 Å². The Morgan fingerprint density at radius 2 is 1.22 bits per heavy atom. The van der Waals surface area contributed by atoms with Gasteiger partial charge in [0.2, 0.25) is 44.6 Å². The molecule has 120 heavy (non-hydrogen) atoms. The fourth-order valence-electron chi connectivity index (χ4n) is 12.7. The topological polar surface area (TPSA) is 452 Å². The number of carbonyl (C=O) groups excluding carboxylic acids is 4. The molecular formula is C85H109N14NiO18S2+3. The minimum Gasteiger partial charge on any atom is -0.597 e. The Kier molecular flexibility index (Phi) is 33.2. The summed E-state index contributed by atoms with van der Waals surface area (Å²) in [4.78, 5) is 89.4. The summed E-state index contributed by atoms with van der Waals surface area (Å²) in [5.41, 5.74) is 8.46. The van der Waals surface area contributed by atoms with Gasteiger partial charge in [-0.1, -0.05) is 99.5 Å². The van der Waals surface area contributed by atoms with E-state index in [2.05, 4.69) is 61.4 Å². The van der Waals surface area contributed by atoms with Crippen LogP contribution in [0.5, 0.6) is 17.4 Å². The summed E-state index contributed by atoms with van der Waals surface area (Å²) in [5.74, 6) is 0.444. The smallest absolute Gasteiger partial charge is 0.338 e. The predicted molar refractivity (Wildman–Crippen MR) is 456 cm³/mol. The summed E-state index contributed by atoms with van der Waals surface area (Å²) in [6, 6.07) is 22.7. The Balaban J connectivity index is 0.000000256. The van der Waals surface area contributed by atoms with Crippen LogP contribution in [0, 0.1) is 75.2 Å². The number of phenolic OH excluding ortho intramolecular Hbond substituents is 2. The molecule has 646 valence electrons. The van der Waals surface area contributed by atoms with Crippen LogP contribution in [0.25, 0.3) is 17.0 Å². The monoisotopic (exact) mass is 1740 g/mol. The van der Waals surface area contributed by atoms with Gasteiger partial charge in [-0.25, -0.2) is 31.8 Å². The average molecular weight is 1740 g/mol. The second kappa shape index (κ2) is 41.2. The summed E-state index contributed by atoms with van der Waals surface area (Å²) >= 11 is 0. The molecule has 0 aliphatic carbocycles. The standard InChI is InChI=1S/C30H38N4O4.C27H31N3O8S2.C14H15N3O4.C9H14N4.C5H8O2.Ni/c1-16-11-18(3)26(36)23(13-16)22(24-14-17(2)12-19(4)27(24)37)9-10-25(35)38-15-30(7,8)29-32-31-28-20(5)21(6)33-34(28)29;1-4-28(5-2)18-12-17-24(39(34,35)23-15-10-7-11-16-23)40(36,37)38-20-19-29-25(31)21(3)26(32)30(27(29)33)22-13-8-6-9-14-22;1-6(2)11-12(20)13-15-8(4)10(9(19)5-7(3)18)14(21)17(13)16-11;1-5(2)8-10-11-9-6(3)7(4)12-13(8)9;1-4(6)3-5(2)7;/h11-14,22,33,36-37H,9-10,15H2,1-8H3;6-18,31H,4-5,19-20H2,1-3H3;5-6,18H,1-4H3;5,12H,1-4H3;3,6H,1-2H3;/p+3/b;18-12+,24-17+;;;;. The Morgan fingerprint density at radius 1 is 0.692 bits per heavy atom. The minimum absolute atomic E-state index is 0. The molecule has 4 aromatic carbocycles. The van der Waals surface area contributed by atoms with Crippen molar-refractivity contribution in [3.8, 4) is 23.1 Å². The molecule has 10 aromatic rings. The summed E-state index contributed by atoms with van der Waals surface area (Å²) < 4.78 is 69.2. The van der Waals surface area contributed by atoms with Gasteiger partial charge in [-0.3, -0.25) is 47.7 Å². The fourth-order valence-corrected chi connectivity index (χ4v) is 15.9. The zero-order valence-corrected chi connectivity index (χ0v) is 74.0. The first kappa shape index (κ1) is 96.9. The second-order valence-electron chi connectivity index (χ2n) is 30.1. The van der Waals surface area contributed by atoms with Gasteiger partial charge in [0.25, 0.3) is 11.1 Å². The maximum atomic E-state index is 13.3. The molecule has 0 fully saturated rings. The normalized spacial score (nSPS) is 12.5. The Bertz CT molecular complexity index is 5990. The Morgan fingerprint density at radius 3 is 1.73 bits per heavy atom. The van der Waals surface area contributed by atoms with Crippen molar-refractivity contribution in [2.75, 3.05) is 26.3 Å². The van der Waals surface area contributed by atoms with Crippen LogP contribution in [-0.2, 0) is 62.1 Å². The van der Waals surface area contributed by atoms with Crippen LogP contribution in [0.15, 0.2) is 156 Å². The maximum absolute atomic E-state index is 13.3. The van der Waals surface area contributed by atoms with E-state index in [0.717, 1.165) is 82.3 Å². The zero-order chi connectivity index (χ0) is 88.8. The molecule has 0 saturated heterocycles. The molecule has 0 spiro atoms. The largest absolute Gasteiger partial charge is 0.597 e. The number of hydrogen-bond donors (Lipinski definition) is 5. The number of benzene rings is 4. The number of esters is 1. The number of fused-ring (bicyclic) bond motifs is 3. The van der Waals surface area contributed by atoms with Crippen molar-refractivity contribution in [1.29, 1.82) is 0 Å². The van der Waals surface area contributed by atoms with Crippen LogP contribution in [-0.4, -0.2) is 166 Å². The zero-order valence-electron chi connectivity index (χ0n) is 71.3. The van der Waals surface area contributed by atoms with Gasteiger partial charge in [-0.2, -0.15) is 18.2 Å². The number of nitrogens with zero attached hydrogens (tertiary/aromatic N) is 12. The van der Waals surface area contributed by atoms with E-state index in [1.54, 1.807) is 51.2 Å². The van der Waals surface area contributed by atoms with Crippen molar-refractivity contribution in [2.45, 2.75) is 187 Å². The van der Waals surface area contributed by atoms with Crippen molar-refractivity contribution in [3.63, 3.8) is 0 Å². The predicted octanol–water partition coefficient (Wildman–Crippen LogP) is 10.7. The second-order valence-corrected chi connectivity index (χ2v) is 33.9. The van der Waals surface area contributed by atoms with Crippen molar-refractivity contribution in [2.24, 2.45) is 11.0 Å². The number of aromatic hydroxyl groups is 3. The van der Waals surface area contributed by atoms with E-state index in [0.29, 0.717) is 48.1 Å². The molecule has 11 rings (SSSR count). The number of aromatic amines is 2. The molecule has 1 aliphatic heterocycles. The number of aryl methyl sites for hydroxylation is 9. The summed E-state index contributed by atoms with van der Waals surface area (Å²) in [6.45, 7) is 38.8. The van der Waals surface area contributed by atoms with Crippen LogP contribution >= 0.6 is 0 Å². The van der Waals surface area contributed by atoms with Gasteiger partial charge in [-0.15, -0.1) is 20.4 Å². The first-order chi connectivity index (χ1) is 55.7. The molecule has 0 unspecified atom stereocenters. The number of ether oxygens (including phenoxy) is 1. The number of aromatic nitrogens is 12. The van der Waals surface area contributed by atoms with Crippen LogP contribution in [0.1, 0.15) is 201 Å². The van der Waals surface area contributed by atoms with E-state index >= 15 is 0 Å². The number of hydrogen-bond acceptors (Lipinski definition) is 22. The SMILES string of the molecule is CC(=[OH+])C=C(C)[OH2+].CC([OH2+])=CC(=O)c1c(C)nc2n(c1=O)N=C(C(C)C)C2=O.CCN(/C=C/C=C(/S(=O)(=O)OCCn1c(O)c(C)c(=O)n(-c2ccccc2)c1=O)S(=O)(=O)c1ccccc1)CC.Cc1[nH]n2c(C(C)C)nnc2c1C.Cc1cc(C)c(O)c(C(CCC(=O)OCC(C)(C)c2nnc3c(C)c(C)[nH]n23)c2cc(C)cc(C)c2O)c1.[Ni]. The van der Waals surface area contributed by atoms with Gasteiger partial charge in [0.15, 0.2) is 27.2 Å². The molecule has 6 aromatic heterocycles. The number of phenols is 2. The molecule has 10 N–H and O–H groups in total. The van der Waals surface area contributed by atoms with Gasteiger partial charge in [0.05, 0.1) is 53.4 Å². The molecule has 0 saturated carbocycles. The number of nitrogens with one attached hydrogen (secondary N) is 2. The van der Waals surface area contributed by atoms with Gasteiger partial charge < -0.3 is 35.2 Å². The molecule has 32 nitrogen and oxygen atoms in total. The van der Waals surface area contributed by atoms with Crippen molar-refractivity contribution in [1.82, 2.24) is 63.3 Å².